The van der Waals surface area contributed by atoms with Crippen LogP contribution in [0.4, 0.5) is 0 Å². The van der Waals surface area contributed by atoms with Crippen molar-refractivity contribution in [1.82, 2.24) is 8.75 Å². The minimum atomic E-state index is 0.585. The van der Waals surface area contributed by atoms with Crippen LogP contribution in [0.15, 0.2) is 16.6 Å². The third kappa shape index (κ3) is 1.05. The number of halogens is 1. The standard InChI is InChI=1S/C7H3BrN2OS/c8-5-2-1-4(3-11)6-7(5)10-12-9-6/h1-3H. The molecule has 1 aromatic carbocycles. The highest BCUT2D eigenvalue weighted by atomic mass is 79.9. The molecule has 0 aliphatic heterocycles. The highest BCUT2D eigenvalue weighted by Gasteiger charge is 2.06. The zero-order chi connectivity index (χ0) is 8.55. The molecule has 0 spiro atoms. The van der Waals surface area contributed by atoms with Gasteiger partial charge in [-0.2, -0.15) is 8.75 Å². The minimum absolute atomic E-state index is 0.585. The Morgan fingerprint density at radius 3 is 2.83 bits per heavy atom. The van der Waals surface area contributed by atoms with Crippen molar-refractivity contribution in [1.29, 1.82) is 0 Å². The number of hydrogen-bond donors (Lipinski definition) is 0. The van der Waals surface area contributed by atoms with E-state index >= 15 is 0 Å². The first-order valence-electron chi connectivity index (χ1n) is 3.19. The van der Waals surface area contributed by atoms with Gasteiger partial charge in [0.2, 0.25) is 0 Å². The Bertz CT molecular complexity index is 440. The molecule has 0 saturated heterocycles. The maximum atomic E-state index is 10.6. The molecular weight excluding hydrogens is 240 g/mol. The van der Waals surface area contributed by atoms with E-state index in [9.17, 15) is 4.79 Å². The number of benzene rings is 1. The van der Waals surface area contributed by atoms with E-state index in [2.05, 4.69) is 24.7 Å². The van der Waals surface area contributed by atoms with Crippen molar-refractivity contribution < 1.29 is 4.79 Å². The van der Waals surface area contributed by atoms with E-state index in [0.717, 1.165) is 28.0 Å². The van der Waals surface area contributed by atoms with Gasteiger partial charge in [-0.15, -0.1) is 0 Å². The van der Waals surface area contributed by atoms with Crippen LogP contribution in [-0.4, -0.2) is 15.0 Å². The molecule has 12 heavy (non-hydrogen) atoms. The lowest BCUT2D eigenvalue weighted by atomic mass is 10.2. The number of carbonyl (C=O) groups excluding carboxylic acids is 1. The fraction of sp³-hybridized carbons (Fsp3) is 0. The Morgan fingerprint density at radius 2 is 2.08 bits per heavy atom. The van der Waals surface area contributed by atoms with E-state index in [-0.39, 0.29) is 0 Å². The first kappa shape index (κ1) is 7.82. The molecule has 0 amide bonds. The third-order valence-electron chi connectivity index (χ3n) is 1.52. The van der Waals surface area contributed by atoms with Crippen molar-refractivity contribution in [2.75, 3.05) is 0 Å². The number of fused-ring (bicyclic) bond motifs is 1. The van der Waals surface area contributed by atoms with Gasteiger partial charge in [-0.1, -0.05) is 0 Å². The molecule has 0 atom stereocenters. The average Bonchev–Trinajstić information content (AvgIpc) is 2.54. The Labute approximate surface area is 80.9 Å². The Balaban J connectivity index is 2.91. The van der Waals surface area contributed by atoms with Crippen LogP contribution < -0.4 is 0 Å². The summed E-state index contributed by atoms with van der Waals surface area (Å²) < 4.78 is 8.94. The van der Waals surface area contributed by atoms with E-state index in [4.69, 9.17) is 0 Å². The third-order valence-corrected chi connectivity index (χ3v) is 2.69. The second-order valence-electron chi connectivity index (χ2n) is 2.22. The van der Waals surface area contributed by atoms with Gasteiger partial charge in [-0.05, 0) is 28.1 Å². The predicted octanol–water partition coefficient (Wildman–Crippen LogP) is 2.27. The largest absolute Gasteiger partial charge is 0.298 e. The summed E-state index contributed by atoms with van der Waals surface area (Å²) in [6.45, 7) is 0. The molecule has 2 rings (SSSR count). The number of rotatable bonds is 1. The molecule has 1 heterocycles. The van der Waals surface area contributed by atoms with Crippen LogP contribution in [0.2, 0.25) is 0 Å². The molecule has 5 heteroatoms. The molecule has 0 unspecified atom stereocenters. The van der Waals surface area contributed by atoms with Crippen molar-refractivity contribution in [2.45, 2.75) is 0 Å². The maximum Gasteiger partial charge on any atom is 0.152 e. The Hall–Kier alpha value is -0.810. The SMILES string of the molecule is O=Cc1ccc(Br)c2nsnc12. The summed E-state index contributed by atoms with van der Waals surface area (Å²) in [7, 11) is 0. The molecule has 0 bridgehead atoms. The molecule has 0 fully saturated rings. The van der Waals surface area contributed by atoms with E-state index in [1.807, 2.05) is 0 Å². The van der Waals surface area contributed by atoms with Crippen LogP contribution in [0, 0.1) is 0 Å². The smallest absolute Gasteiger partial charge is 0.152 e. The van der Waals surface area contributed by atoms with E-state index in [1.165, 1.54) is 0 Å². The summed E-state index contributed by atoms with van der Waals surface area (Å²) in [5.74, 6) is 0. The first-order chi connectivity index (χ1) is 5.83. The van der Waals surface area contributed by atoms with Crippen LogP contribution in [0.25, 0.3) is 11.0 Å². The lowest BCUT2D eigenvalue weighted by molar-refractivity contribution is 0.112. The molecule has 0 aliphatic rings. The van der Waals surface area contributed by atoms with Gasteiger partial charge in [0.25, 0.3) is 0 Å². The number of nitrogens with zero attached hydrogens (tertiary/aromatic N) is 2. The van der Waals surface area contributed by atoms with Crippen LogP contribution in [0.5, 0.6) is 0 Å². The zero-order valence-corrected chi connectivity index (χ0v) is 8.22. The van der Waals surface area contributed by atoms with Crippen molar-refractivity contribution in [3.8, 4) is 0 Å². The maximum absolute atomic E-state index is 10.6. The molecule has 0 radical (unpaired) electrons. The van der Waals surface area contributed by atoms with Crippen LogP contribution >= 0.6 is 27.7 Å². The van der Waals surface area contributed by atoms with Gasteiger partial charge in [0.05, 0.1) is 11.7 Å². The fourth-order valence-electron chi connectivity index (χ4n) is 0.951. The molecule has 0 N–H and O–H groups in total. The summed E-state index contributed by atoms with van der Waals surface area (Å²) in [6.07, 6.45) is 0.788. The summed E-state index contributed by atoms with van der Waals surface area (Å²) in [6, 6.07) is 3.52. The van der Waals surface area contributed by atoms with Gasteiger partial charge in [0, 0.05) is 10.0 Å². The van der Waals surface area contributed by atoms with Crippen LogP contribution in [-0.2, 0) is 0 Å². The molecule has 3 nitrogen and oxygen atoms in total. The van der Waals surface area contributed by atoms with E-state index < -0.39 is 0 Å². The second-order valence-corrected chi connectivity index (χ2v) is 3.60. The van der Waals surface area contributed by atoms with Gasteiger partial charge in [-0.3, -0.25) is 4.79 Å². The minimum Gasteiger partial charge on any atom is -0.298 e. The number of aldehydes is 1. The summed E-state index contributed by atoms with van der Waals surface area (Å²) in [4.78, 5) is 10.6. The van der Waals surface area contributed by atoms with E-state index in [0.29, 0.717) is 11.1 Å². The first-order valence-corrected chi connectivity index (χ1v) is 4.71. The van der Waals surface area contributed by atoms with Crippen molar-refractivity contribution >= 4 is 45.0 Å². The van der Waals surface area contributed by atoms with Crippen molar-refractivity contribution in [3.63, 3.8) is 0 Å². The quantitative estimate of drug-likeness (QED) is 0.721. The summed E-state index contributed by atoms with van der Waals surface area (Å²) >= 11 is 4.44. The normalized spacial score (nSPS) is 10.4. The molecule has 60 valence electrons. The topological polar surface area (TPSA) is 42.9 Å². The monoisotopic (exact) mass is 242 g/mol. The van der Waals surface area contributed by atoms with Crippen LogP contribution in [0.3, 0.4) is 0 Å². The van der Waals surface area contributed by atoms with Crippen molar-refractivity contribution in [3.05, 3.63) is 22.2 Å². The molecule has 0 saturated carbocycles. The highest BCUT2D eigenvalue weighted by Crippen LogP contribution is 2.23. The number of carbonyl (C=O) groups is 1. The zero-order valence-electron chi connectivity index (χ0n) is 5.82. The number of aromatic nitrogens is 2. The molecule has 1 aromatic heterocycles. The second kappa shape index (κ2) is 2.91. The lowest BCUT2D eigenvalue weighted by Crippen LogP contribution is -1.82. The fourth-order valence-corrected chi connectivity index (χ4v) is 2.06. The number of hydrogen-bond acceptors (Lipinski definition) is 4. The molecule has 2 aromatic rings. The Kier molecular flexibility index (Phi) is 1.90. The van der Waals surface area contributed by atoms with Gasteiger partial charge in [-0.25, -0.2) is 0 Å². The molecule has 0 aliphatic carbocycles. The van der Waals surface area contributed by atoms with Gasteiger partial charge < -0.3 is 0 Å². The summed E-state index contributed by atoms with van der Waals surface area (Å²) in [5, 5.41) is 0. The van der Waals surface area contributed by atoms with Crippen molar-refractivity contribution in [2.24, 2.45) is 0 Å². The van der Waals surface area contributed by atoms with Gasteiger partial charge in [0.1, 0.15) is 11.0 Å². The predicted molar refractivity (Wildman–Crippen MR) is 50.5 cm³/mol. The Morgan fingerprint density at radius 1 is 1.33 bits per heavy atom. The van der Waals surface area contributed by atoms with Gasteiger partial charge >= 0.3 is 0 Å². The van der Waals surface area contributed by atoms with Crippen LogP contribution in [0.1, 0.15) is 10.4 Å². The van der Waals surface area contributed by atoms with Gasteiger partial charge in [0.15, 0.2) is 6.29 Å². The average molecular weight is 243 g/mol. The lowest BCUT2D eigenvalue weighted by Gasteiger charge is -1.92. The van der Waals surface area contributed by atoms with E-state index in [1.54, 1.807) is 12.1 Å². The molecular formula is C7H3BrN2OS. The summed E-state index contributed by atoms with van der Waals surface area (Å²) in [5.41, 5.74) is 2.01. The highest BCUT2D eigenvalue weighted by molar-refractivity contribution is 9.10.